The van der Waals surface area contributed by atoms with E-state index in [1.165, 1.54) is 18.2 Å². The Hall–Kier alpha value is -1.97. The summed E-state index contributed by atoms with van der Waals surface area (Å²) in [5.41, 5.74) is 0.809. The highest BCUT2D eigenvalue weighted by Gasteiger charge is 2.07. The van der Waals surface area contributed by atoms with Gasteiger partial charge in [0, 0.05) is 6.07 Å². The van der Waals surface area contributed by atoms with Crippen molar-refractivity contribution in [2.75, 3.05) is 0 Å². The fourth-order valence-corrected chi connectivity index (χ4v) is 1.36. The largest absolute Gasteiger partial charge is 0.454 e. The lowest BCUT2D eigenvalue weighted by Crippen LogP contribution is -1.91. The van der Waals surface area contributed by atoms with Crippen molar-refractivity contribution < 1.29 is 17.9 Å². The maximum atomic E-state index is 13.3. The molecule has 0 N–H and O–H groups in total. The quantitative estimate of drug-likeness (QED) is 0.761. The zero-order valence-corrected chi connectivity index (χ0v) is 9.01. The Bertz CT molecular complexity index is 552. The molecular formula is C13H9F3O. The van der Waals surface area contributed by atoms with E-state index in [0.717, 1.165) is 17.7 Å². The van der Waals surface area contributed by atoms with E-state index in [4.69, 9.17) is 4.74 Å². The zero-order valence-electron chi connectivity index (χ0n) is 9.01. The lowest BCUT2D eigenvalue weighted by atomic mass is 10.2. The fourth-order valence-electron chi connectivity index (χ4n) is 1.36. The molecule has 0 saturated carbocycles. The van der Waals surface area contributed by atoms with Gasteiger partial charge in [-0.15, -0.1) is 0 Å². The summed E-state index contributed by atoms with van der Waals surface area (Å²) >= 11 is 0. The molecule has 0 aliphatic carbocycles. The molecule has 0 fully saturated rings. The number of benzene rings is 2. The first kappa shape index (κ1) is 11.5. The molecule has 1 nitrogen and oxygen atoms in total. The van der Waals surface area contributed by atoms with E-state index in [2.05, 4.69) is 0 Å². The van der Waals surface area contributed by atoms with Crippen LogP contribution in [-0.4, -0.2) is 0 Å². The van der Waals surface area contributed by atoms with Gasteiger partial charge in [-0.3, -0.25) is 0 Å². The first-order chi connectivity index (χ1) is 8.06. The highest BCUT2D eigenvalue weighted by molar-refractivity contribution is 5.35. The Morgan fingerprint density at radius 1 is 0.824 bits per heavy atom. The SMILES string of the molecule is Cc1ccc(F)c(Oc2ccc(F)c(F)c2)c1. The van der Waals surface area contributed by atoms with E-state index in [0.29, 0.717) is 0 Å². The Labute approximate surface area is 96.5 Å². The monoisotopic (exact) mass is 238 g/mol. The number of rotatable bonds is 2. The summed E-state index contributed by atoms with van der Waals surface area (Å²) in [5.74, 6) is -2.53. The van der Waals surface area contributed by atoms with Crippen LogP contribution in [0.4, 0.5) is 13.2 Å². The molecule has 0 heterocycles. The molecule has 0 atom stereocenters. The molecular weight excluding hydrogens is 229 g/mol. The van der Waals surface area contributed by atoms with Crippen molar-refractivity contribution in [3.05, 3.63) is 59.4 Å². The molecule has 2 aromatic rings. The van der Waals surface area contributed by atoms with Crippen molar-refractivity contribution in [1.29, 1.82) is 0 Å². The van der Waals surface area contributed by atoms with Crippen LogP contribution in [0, 0.1) is 24.4 Å². The Balaban J connectivity index is 2.31. The van der Waals surface area contributed by atoms with E-state index < -0.39 is 17.5 Å². The lowest BCUT2D eigenvalue weighted by Gasteiger charge is -2.07. The summed E-state index contributed by atoms with van der Waals surface area (Å²) in [6, 6.07) is 7.37. The molecule has 88 valence electrons. The van der Waals surface area contributed by atoms with E-state index in [-0.39, 0.29) is 11.5 Å². The molecule has 17 heavy (non-hydrogen) atoms. The van der Waals surface area contributed by atoms with Crippen molar-refractivity contribution in [3.8, 4) is 11.5 Å². The first-order valence-electron chi connectivity index (χ1n) is 4.95. The zero-order chi connectivity index (χ0) is 12.4. The fraction of sp³-hybridized carbons (Fsp3) is 0.0769. The molecule has 0 amide bonds. The van der Waals surface area contributed by atoms with Crippen molar-refractivity contribution in [3.63, 3.8) is 0 Å². The standard InChI is InChI=1S/C13H9F3O/c1-8-2-4-11(15)13(6-8)17-9-3-5-10(14)12(16)7-9/h2-7H,1H3. The van der Waals surface area contributed by atoms with Crippen LogP contribution in [0.25, 0.3) is 0 Å². The molecule has 0 aromatic heterocycles. The highest BCUT2D eigenvalue weighted by atomic mass is 19.2. The number of aryl methyl sites for hydroxylation is 1. The van der Waals surface area contributed by atoms with Crippen molar-refractivity contribution in [1.82, 2.24) is 0 Å². The third-order valence-corrected chi connectivity index (χ3v) is 2.21. The molecule has 0 saturated heterocycles. The van der Waals surface area contributed by atoms with E-state index in [1.54, 1.807) is 13.0 Å². The summed E-state index contributed by atoms with van der Waals surface area (Å²) in [5, 5.41) is 0. The van der Waals surface area contributed by atoms with Crippen LogP contribution in [0.3, 0.4) is 0 Å². The van der Waals surface area contributed by atoms with Crippen LogP contribution in [0.1, 0.15) is 5.56 Å². The highest BCUT2D eigenvalue weighted by Crippen LogP contribution is 2.26. The van der Waals surface area contributed by atoms with Gasteiger partial charge in [-0.25, -0.2) is 13.2 Å². The molecule has 0 aliphatic rings. The average Bonchev–Trinajstić information content (AvgIpc) is 2.29. The topological polar surface area (TPSA) is 9.23 Å². The van der Waals surface area contributed by atoms with Gasteiger partial charge in [0.05, 0.1) is 0 Å². The van der Waals surface area contributed by atoms with Gasteiger partial charge >= 0.3 is 0 Å². The van der Waals surface area contributed by atoms with Gasteiger partial charge in [0.1, 0.15) is 5.75 Å². The molecule has 2 rings (SSSR count). The minimum absolute atomic E-state index is 0.0176. The molecule has 2 aromatic carbocycles. The van der Waals surface area contributed by atoms with Crippen molar-refractivity contribution in [2.24, 2.45) is 0 Å². The number of hydrogen-bond donors (Lipinski definition) is 0. The van der Waals surface area contributed by atoms with Crippen molar-refractivity contribution >= 4 is 0 Å². The van der Waals surface area contributed by atoms with E-state index in [1.807, 2.05) is 0 Å². The van der Waals surface area contributed by atoms with Crippen LogP contribution >= 0.6 is 0 Å². The lowest BCUT2D eigenvalue weighted by molar-refractivity contribution is 0.432. The predicted octanol–water partition coefficient (Wildman–Crippen LogP) is 4.20. The summed E-state index contributed by atoms with van der Waals surface area (Å²) in [7, 11) is 0. The predicted molar refractivity (Wildman–Crippen MR) is 57.6 cm³/mol. The minimum atomic E-state index is -1.03. The van der Waals surface area contributed by atoms with E-state index in [9.17, 15) is 13.2 Å². The smallest absolute Gasteiger partial charge is 0.165 e. The second-order valence-corrected chi connectivity index (χ2v) is 3.61. The summed E-state index contributed by atoms with van der Waals surface area (Å²) in [6.45, 7) is 1.78. The second-order valence-electron chi connectivity index (χ2n) is 3.61. The third-order valence-electron chi connectivity index (χ3n) is 2.21. The van der Waals surface area contributed by atoms with Gasteiger partial charge in [0.2, 0.25) is 0 Å². The van der Waals surface area contributed by atoms with Crippen LogP contribution in [0.5, 0.6) is 11.5 Å². The Morgan fingerprint density at radius 3 is 2.24 bits per heavy atom. The normalized spacial score (nSPS) is 10.4. The van der Waals surface area contributed by atoms with Gasteiger partial charge in [0.25, 0.3) is 0 Å². The van der Waals surface area contributed by atoms with E-state index >= 15 is 0 Å². The summed E-state index contributed by atoms with van der Waals surface area (Å²) in [6.07, 6.45) is 0. The van der Waals surface area contributed by atoms with Gasteiger partial charge in [-0.05, 0) is 36.8 Å². The van der Waals surface area contributed by atoms with Crippen LogP contribution < -0.4 is 4.74 Å². The molecule has 0 unspecified atom stereocenters. The van der Waals surface area contributed by atoms with Crippen LogP contribution in [0.15, 0.2) is 36.4 Å². The number of ether oxygens (including phenoxy) is 1. The summed E-state index contributed by atoms with van der Waals surface area (Å²) < 4.78 is 44.1. The molecule has 0 aliphatic heterocycles. The first-order valence-corrected chi connectivity index (χ1v) is 4.95. The molecule has 0 bridgehead atoms. The molecule has 4 heteroatoms. The second kappa shape index (κ2) is 4.49. The van der Waals surface area contributed by atoms with Crippen LogP contribution in [-0.2, 0) is 0 Å². The van der Waals surface area contributed by atoms with Gasteiger partial charge in [0.15, 0.2) is 23.2 Å². The minimum Gasteiger partial charge on any atom is -0.454 e. The Kier molecular flexibility index (Phi) is 3.04. The van der Waals surface area contributed by atoms with Crippen LogP contribution in [0.2, 0.25) is 0 Å². The average molecular weight is 238 g/mol. The number of hydrogen-bond acceptors (Lipinski definition) is 1. The third kappa shape index (κ3) is 2.58. The van der Waals surface area contributed by atoms with Gasteiger partial charge in [-0.2, -0.15) is 0 Å². The molecule has 0 spiro atoms. The maximum absolute atomic E-state index is 13.3. The number of halogens is 3. The molecule has 0 radical (unpaired) electrons. The summed E-state index contributed by atoms with van der Waals surface area (Å²) in [4.78, 5) is 0. The van der Waals surface area contributed by atoms with Crippen molar-refractivity contribution in [2.45, 2.75) is 6.92 Å². The van der Waals surface area contributed by atoms with Gasteiger partial charge in [-0.1, -0.05) is 6.07 Å². The Morgan fingerprint density at radius 2 is 1.53 bits per heavy atom. The van der Waals surface area contributed by atoms with Gasteiger partial charge < -0.3 is 4.74 Å². The maximum Gasteiger partial charge on any atom is 0.165 e.